The van der Waals surface area contributed by atoms with Gasteiger partial charge in [0.25, 0.3) is 0 Å². The number of hydrogen-bond donors (Lipinski definition) is 1. The first-order chi connectivity index (χ1) is 13.5. The summed E-state index contributed by atoms with van der Waals surface area (Å²) in [6, 6.07) is 13.0. The molecule has 0 aliphatic rings. The molecule has 1 atom stereocenters. The molecule has 3 aromatic rings. The van der Waals surface area contributed by atoms with Crippen LogP contribution in [0.5, 0.6) is 0 Å². The van der Waals surface area contributed by atoms with Gasteiger partial charge in [0, 0.05) is 62.8 Å². The fourth-order valence-corrected chi connectivity index (χ4v) is 4.53. The number of nitrogens with zero attached hydrogens (tertiary/aromatic N) is 2. The molecule has 7 heteroatoms. The fourth-order valence-electron chi connectivity index (χ4n) is 3.55. The Morgan fingerprint density at radius 2 is 1.43 bits per heavy atom. The molecule has 0 saturated heterocycles. The Morgan fingerprint density at radius 1 is 0.929 bits per heavy atom. The van der Waals surface area contributed by atoms with Gasteiger partial charge in [-0.25, -0.2) is 0 Å². The van der Waals surface area contributed by atoms with E-state index in [4.69, 9.17) is 9.47 Å². The van der Waals surface area contributed by atoms with Crippen molar-refractivity contribution in [3.05, 3.63) is 43.5 Å². The van der Waals surface area contributed by atoms with Gasteiger partial charge in [0.05, 0.1) is 25.9 Å². The van der Waals surface area contributed by atoms with Crippen molar-refractivity contribution in [2.45, 2.75) is 12.6 Å². The second-order valence-electron chi connectivity index (χ2n) is 6.87. The summed E-state index contributed by atoms with van der Waals surface area (Å²) in [7, 11) is 3.40. The van der Waals surface area contributed by atoms with E-state index in [2.05, 4.69) is 91.0 Å². The minimum Gasteiger partial charge on any atom is -0.390 e. The third-order valence-electron chi connectivity index (χ3n) is 4.87. The van der Waals surface area contributed by atoms with Gasteiger partial charge in [-0.3, -0.25) is 4.90 Å². The molecule has 2 aromatic carbocycles. The van der Waals surface area contributed by atoms with Crippen molar-refractivity contribution in [1.82, 2.24) is 9.47 Å². The van der Waals surface area contributed by atoms with E-state index in [1.54, 1.807) is 14.2 Å². The normalized spacial score (nSPS) is 13.1. The number of ether oxygens (including phenoxy) is 2. The zero-order valence-corrected chi connectivity index (χ0v) is 20.5. The lowest BCUT2D eigenvalue weighted by molar-refractivity contribution is 0.0636. The van der Waals surface area contributed by atoms with Crippen molar-refractivity contribution < 1.29 is 14.6 Å². The van der Waals surface area contributed by atoms with Crippen molar-refractivity contribution in [3.8, 4) is 0 Å². The lowest BCUT2D eigenvalue weighted by atomic mass is 10.2. The number of methoxy groups -OCH3 is 2. The molecule has 152 valence electrons. The molecule has 0 spiro atoms. The summed E-state index contributed by atoms with van der Waals surface area (Å²) in [6.07, 6.45) is -0.480. The minimum absolute atomic E-state index is 0.480. The molecule has 5 nitrogen and oxygen atoms in total. The second kappa shape index (κ2) is 10.5. The lowest BCUT2D eigenvalue weighted by Gasteiger charge is -2.25. The molecule has 3 rings (SSSR count). The molecule has 0 aliphatic carbocycles. The number of rotatable bonds is 10. The molecule has 0 radical (unpaired) electrons. The van der Waals surface area contributed by atoms with Crippen LogP contribution >= 0.6 is 45.2 Å². The van der Waals surface area contributed by atoms with E-state index in [-0.39, 0.29) is 0 Å². The van der Waals surface area contributed by atoms with E-state index in [1.807, 2.05) is 0 Å². The molecular weight excluding hydrogens is 582 g/mol. The highest BCUT2D eigenvalue weighted by atomic mass is 127. The molecule has 1 unspecified atom stereocenters. The predicted octanol–water partition coefficient (Wildman–Crippen LogP) is 3.96. The Morgan fingerprint density at radius 3 is 1.89 bits per heavy atom. The lowest BCUT2D eigenvalue weighted by Crippen LogP contribution is -2.38. The van der Waals surface area contributed by atoms with Crippen LogP contribution in [-0.2, 0) is 16.0 Å². The van der Waals surface area contributed by atoms with Crippen LogP contribution in [0.3, 0.4) is 0 Å². The molecule has 0 bridgehead atoms. The average Bonchev–Trinajstić information content (AvgIpc) is 2.96. The van der Waals surface area contributed by atoms with Crippen LogP contribution < -0.4 is 0 Å². The van der Waals surface area contributed by atoms with E-state index < -0.39 is 6.10 Å². The monoisotopic (exact) mass is 608 g/mol. The Kier molecular flexibility index (Phi) is 8.36. The zero-order valence-electron chi connectivity index (χ0n) is 16.2. The number of fused-ring (bicyclic) bond motifs is 3. The molecule has 0 saturated carbocycles. The van der Waals surface area contributed by atoms with Crippen molar-refractivity contribution in [3.63, 3.8) is 0 Å². The minimum atomic E-state index is -0.480. The Hall–Kier alpha value is -0.460. The first kappa shape index (κ1) is 22.2. The third kappa shape index (κ3) is 5.37. The van der Waals surface area contributed by atoms with E-state index in [0.717, 1.165) is 24.1 Å². The van der Waals surface area contributed by atoms with Gasteiger partial charge in [-0.2, -0.15) is 0 Å². The summed E-state index contributed by atoms with van der Waals surface area (Å²) < 4.78 is 15.1. The van der Waals surface area contributed by atoms with Gasteiger partial charge >= 0.3 is 0 Å². The molecule has 0 fully saturated rings. The highest BCUT2D eigenvalue weighted by Crippen LogP contribution is 2.31. The maximum atomic E-state index is 10.9. The van der Waals surface area contributed by atoms with Crippen LogP contribution in [0, 0.1) is 7.14 Å². The van der Waals surface area contributed by atoms with E-state index in [1.165, 1.54) is 17.9 Å². The van der Waals surface area contributed by atoms with Crippen LogP contribution in [0.4, 0.5) is 0 Å². The van der Waals surface area contributed by atoms with Gasteiger partial charge in [0.2, 0.25) is 0 Å². The summed E-state index contributed by atoms with van der Waals surface area (Å²) >= 11 is 4.71. The number of aromatic nitrogens is 1. The van der Waals surface area contributed by atoms with E-state index >= 15 is 0 Å². The van der Waals surface area contributed by atoms with Gasteiger partial charge in [-0.15, -0.1) is 0 Å². The second-order valence-corrected chi connectivity index (χ2v) is 9.36. The summed E-state index contributed by atoms with van der Waals surface area (Å²) in [5.74, 6) is 0. The SMILES string of the molecule is COCCN(CCOC)CC(O)Cn1c2ccc(I)cc2c2cc(I)ccc21. The van der Waals surface area contributed by atoms with Gasteiger partial charge in [0.1, 0.15) is 0 Å². The number of aliphatic hydroxyl groups is 1. The van der Waals surface area contributed by atoms with Crippen molar-refractivity contribution in [2.24, 2.45) is 0 Å². The molecule has 28 heavy (non-hydrogen) atoms. The first-order valence-corrected chi connectivity index (χ1v) is 11.4. The van der Waals surface area contributed by atoms with Crippen LogP contribution in [0.25, 0.3) is 21.8 Å². The highest BCUT2D eigenvalue weighted by molar-refractivity contribution is 14.1. The van der Waals surface area contributed by atoms with Gasteiger partial charge in [-0.1, -0.05) is 0 Å². The maximum absolute atomic E-state index is 10.9. The van der Waals surface area contributed by atoms with Crippen molar-refractivity contribution in [2.75, 3.05) is 47.1 Å². The van der Waals surface area contributed by atoms with Crippen molar-refractivity contribution >= 4 is 67.0 Å². The summed E-state index contributed by atoms with van der Waals surface area (Å²) in [6.45, 7) is 3.98. The van der Waals surface area contributed by atoms with E-state index in [9.17, 15) is 5.11 Å². The average molecular weight is 608 g/mol. The third-order valence-corrected chi connectivity index (χ3v) is 6.22. The topological polar surface area (TPSA) is 46.9 Å². The molecule has 0 aliphatic heterocycles. The largest absolute Gasteiger partial charge is 0.390 e. The quantitative estimate of drug-likeness (QED) is 0.355. The van der Waals surface area contributed by atoms with Crippen LogP contribution in [0.15, 0.2) is 36.4 Å². The smallest absolute Gasteiger partial charge is 0.0846 e. The van der Waals surface area contributed by atoms with Gasteiger partial charge < -0.3 is 19.1 Å². The predicted molar refractivity (Wildman–Crippen MR) is 131 cm³/mol. The number of aliphatic hydroxyl groups excluding tert-OH is 1. The highest BCUT2D eigenvalue weighted by Gasteiger charge is 2.17. The van der Waals surface area contributed by atoms with Crippen LogP contribution in [0.2, 0.25) is 0 Å². The molecule has 1 heterocycles. The zero-order chi connectivity index (χ0) is 20.1. The fraction of sp³-hybridized carbons (Fsp3) is 0.429. The van der Waals surface area contributed by atoms with Crippen LogP contribution in [-0.4, -0.2) is 67.7 Å². The van der Waals surface area contributed by atoms with Gasteiger partial charge in [-0.05, 0) is 81.6 Å². The molecule has 1 aromatic heterocycles. The maximum Gasteiger partial charge on any atom is 0.0846 e. The summed E-state index contributed by atoms with van der Waals surface area (Å²) in [4.78, 5) is 2.19. The summed E-state index contributed by atoms with van der Waals surface area (Å²) in [5.41, 5.74) is 2.33. The Labute approximate surface area is 193 Å². The van der Waals surface area contributed by atoms with Gasteiger partial charge in [0.15, 0.2) is 0 Å². The Bertz CT molecular complexity index is 862. The molecular formula is C21H26I2N2O3. The number of benzene rings is 2. The first-order valence-electron chi connectivity index (χ1n) is 9.28. The molecule has 0 amide bonds. The number of halogens is 2. The van der Waals surface area contributed by atoms with E-state index in [0.29, 0.717) is 26.3 Å². The number of hydrogen-bond acceptors (Lipinski definition) is 4. The molecule has 1 N–H and O–H groups in total. The standard InChI is InChI=1S/C21H26I2N2O3/c1-27-9-7-24(8-10-28-2)13-17(26)14-25-20-5-3-15(22)11-18(20)19-12-16(23)4-6-21(19)25/h3-6,11-12,17,26H,7-10,13-14H2,1-2H3. The van der Waals surface area contributed by atoms with Crippen molar-refractivity contribution in [1.29, 1.82) is 0 Å². The summed E-state index contributed by atoms with van der Waals surface area (Å²) in [5, 5.41) is 13.3. The van der Waals surface area contributed by atoms with Crippen LogP contribution in [0.1, 0.15) is 0 Å². The Balaban J connectivity index is 1.87.